The predicted molar refractivity (Wildman–Crippen MR) is 47.6 cm³/mol. The van der Waals surface area contributed by atoms with Crippen LogP contribution < -0.4 is 18.1 Å². The van der Waals surface area contributed by atoms with Gasteiger partial charge in [-0.15, -0.1) is 0 Å². The lowest BCUT2D eigenvalue weighted by Crippen LogP contribution is -3.00. The third-order valence-corrected chi connectivity index (χ3v) is 3.53. The number of halogens is 1. The fourth-order valence-corrected chi connectivity index (χ4v) is 3.10. The quantitative estimate of drug-likeness (QED) is 0.543. The summed E-state index contributed by atoms with van der Waals surface area (Å²) in [5.41, 5.74) is 6.79. The van der Waals surface area contributed by atoms with Crippen molar-refractivity contribution in [3.63, 3.8) is 0 Å². The summed E-state index contributed by atoms with van der Waals surface area (Å²) in [6.07, 6.45) is 3.97. The van der Waals surface area contributed by atoms with Crippen LogP contribution in [-0.2, 0) is 5.41 Å². The fourth-order valence-electron chi connectivity index (χ4n) is 3.10. The van der Waals surface area contributed by atoms with Crippen molar-refractivity contribution in [3.05, 3.63) is 35.9 Å². The molecule has 4 rings (SSSR count). The third kappa shape index (κ3) is 1.04. The number of rotatable bonds is 1. The summed E-state index contributed by atoms with van der Waals surface area (Å²) in [7, 11) is 0. The van der Waals surface area contributed by atoms with Gasteiger partial charge >= 0.3 is 0 Å². The van der Waals surface area contributed by atoms with Crippen LogP contribution in [0.1, 0.15) is 24.8 Å². The van der Waals surface area contributed by atoms with Crippen molar-refractivity contribution in [2.75, 3.05) is 0 Å². The molecule has 3 aliphatic rings. The Morgan fingerprint density at radius 2 is 1.54 bits per heavy atom. The van der Waals surface area contributed by atoms with Gasteiger partial charge < -0.3 is 18.1 Å². The van der Waals surface area contributed by atoms with E-state index in [0.717, 1.165) is 0 Å². The van der Waals surface area contributed by atoms with Crippen LogP contribution in [0.3, 0.4) is 0 Å². The maximum atomic E-state index is 4.21. The minimum Gasteiger partial charge on any atom is -1.00 e. The Hall–Kier alpha value is -0.530. The first kappa shape index (κ1) is 9.04. The van der Waals surface area contributed by atoms with Crippen LogP contribution in [0.5, 0.6) is 0 Å². The Bertz CT molecular complexity index is 300. The van der Waals surface area contributed by atoms with Gasteiger partial charge in [0.25, 0.3) is 0 Å². The monoisotopic (exact) mass is 195 g/mol. The molecule has 3 aliphatic carbocycles. The van der Waals surface area contributed by atoms with E-state index in [0.29, 0.717) is 11.0 Å². The molecule has 0 saturated heterocycles. The lowest BCUT2D eigenvalue weighted by Gasteiger charge is -2.66. The molecule has 0 amide bonds. The van der Waals surface area contributed by atoms with Gasteiger partial charge in [0.05, 0.1) is 5.54 Å². The minimum atomic E-state index is 0. The van der Waals surface area contributed by atoms with Gasteiger partial charge in [-0.2, -0.15) is 0 Å². The molecule has 3 N–H and O–H groups in total. The Morgan fingerprint density at radius 3 is 2.00 bits per heavy atom. The summed E-state index contributed by atoms with van der Waals surface area (Å²) >= 11 is 0. The molecule has 0 heterocycles. The molecule has 3 saturated carbocycles. The fraction of sp³-hybridized carbons (Fsp3) is 0.455. The van der Waals surface area contributed by atoms with Crippen molar-refractivity contribution < 1.29 is 18.1 Å². The van der Waals surface area contributed by atoms with E-state index in [1.807, 2.05) is 0 Å². The van der Waals surface area contributed by atoms with Gasteiger partial charge in [0.2, 0.25) is 0 Å². The molecule has 0 atom stereocenters. The van der Waals surface area contributed by atoms with Crippen LogP contribution in [0.25, 0.3) is 0 Å². The molecule has 1 nitrogen and oxygen atoms in total. The summed E-state index contributed by atoms with van der Waals surface area (Å²) in [5.74, 6) is 0. The maximum Gasteiger partial charge on any atom is 0.0971 e. The first-order valence-electron chi connectivity index (χ1n) is 4.64. The van der Waals surface area contributed by atoms with Crippen LogP contribution in [-0.4, -0.2) is 5.54 Å². The topological polar surface area (TPSA) is 27.6 Å². The SMILES string of the molecule is [Cl-].[NH3+]C12CC(c3ccccc3)(C1)C2. The number of hydrogen-bond donors (Lipinski definition) is 1. The molecule has 0 aliphatic heterocycles. The lowest BCUT2D eigenvalue weighted by atomic mass is 9.38. The highest BCUT2D eigenvalue weighted by Gasteiger charge is 2.69. The molecule has 0 aromatic heterocycles. The van der Waals surface area contributed by atoms with E-state index < -0.39 is 0 Å². The normalized spacial score (nSPS) is 39.8. The Kier molecular flexibility index (Phi) is 1.73. The van der Waals surface area contributed by atoms with Crippen molar-refractivity contribution >= 4 is 0 Å². The van der Waals surface area contributed by atoms with Crippen molar-refractivity contribution in [2.45, 2.75) is 30.2 Å². The first-order valence-corrected chi connectivity index (χ1v) is 4.64. The lowest BCUT2D eigenvalue weighted by molar-refractivity contribution is -0.555. The van der Waals surface area contributed by atoms with Crippen molar-refractivity contribution in [3.8, 4) is 0 Å². The van der Waals surface area contributed by atoms with E-state index in [1.54, 1.807) is 0 Å². The largest absolute Gasteiger partial charge is 1.00 e. The minimum absolute atomic E-state index is 0. The second kappa shape index (κ2) is 2.49. The molecular weight excluding hydrogens is 182 g/mol. The average molecular weight is 196 g/mol. The summed E-state index contributed by atoms with van der Waals surface area (Å²) in [6, 6.07) is 10.9. The van der Waals surface area contributed by atoms with Crippen LogP contribution in [0, 0.1) is 0 Å². The number of quaternary nitrogens is 1. The van der Waals surface area contributed by atoms with E-state index in [9.17, 15) is 0 Å². The molecule has 0 unspecified atom stereocenters. The smallest absolute Gasteiger partial charge is 0.0971 e. The van der Waals surface area contributed by atoms with Gasteiger partial charge in [-0.05, 0) is 5.56 Å². The van der Waals surface area contributed by atoms with E-state index in [4.69, 9.17) is 0 Å². The number of hydrogen-bond acceptors (Lipinski definition) is 0. The Balaban J connectivity index is 0.000000653. The number of benzene rings is 1. The van der Waals surface area contributed by atoms with Gasteiger partial charge in [0, 0.05) is 24.7 Å². The molecule has 0 radical (unpaired) electrons. The molecule has 13 heavy (non-hydrogen) atoms. The van der Waals surface area contributed by atoms with E-state index >= 15 is 0 Å². The van der Waals surface area contributed by atoms with Gasteiger partial charge in [0.15, 0.2) is 0 Å². The molecule has 1 aromatic rings. The summed E-state index contributed by atoms with van der Waals surface area (Å²) in [4.78, 5) is 0. The molecule has 70 valence electrons. The zero-order valence-corrected chi connectivity index (χ0v) is 8.35. The van der Waals surface area contributed by atoms with Gasteiger partial charge in [0.1, 0.15) is 0 Å². The van der Waals surface area contributed by atoms with E-state index in [2.05, 4.69) is 36.1 Å². The van der Waals surface area contributed by atoms with Gasteiger partial charge in [-0.3, -0.25) is 0 Å². The first-order chi connectivity index (χ1) is 5.73. The van der Waals surface area contributed by atoms with Crippen LogP contribution in [0.4, 0.5) is 0 Å². The van der Waals surface area contributed by atoms with Crippen molar-refractivity contribution in [1.29, 1.82) is 0 Å². The summed E-state index contributed by atoms with van der Waals surface area (Å²) in [6.45, 7) is 0. The van der Waals surface area contributed by atoms with Crippen LogP contribution in [0.2, 0.25) is 0 Å². The molecule has 3 fully saturated rings. The summed E-state index contributed by atoms with van der Waals surface area (Å²) in [5, 5.41) is 0. The van der Waals surface area contributed by atoms with Crippen LogP contribution in [0.15, 0.2) is 30.3 Å². The van der Waals surface area contributed by atoms with Crippen molar-refractivity contribution in [2.24, 2.45) is 0 Å². The molecule has 1 aromatic carbocycles. The third-order valence-electron chi connectivity index (χ3n) is 3.53. The van der Waals surface area contributed by atoms with Crippen LogP contribution >= 0.6 is 0 Å². The highest BCUT2D eigenvalue weighted by molar-refractivity contribution is 5.39. The molecule has 0 spiro atoms. The Labute approximate surface area is 84.7 Å². The van der Waals surface area contributed by atoms with Gasteiger partial charge in [-0.25, -0.2) is 0 Å². The molecule has 2 heteroatoms. The zero-order chi connectivity index (χ0) is 8.23. The van der Waals surface area contributed by atoms with Crippen molar-refractivity contribution in [1.82, 2.24) is 0 Å². The van der Waals surface area contributed by atoms with E-state index in [1.165, 1.54) is 24.8 Å². The van der Waals surface area contributed by atoms with E-state index in [-0.39, 0.29) is 12.4 Å². The highest BCUT2D eigenvalue weighted by Crippen LogP contribution is 2.65. The molecular formula is C11H14ClN. The maximum absolute atomic E-state index is 4.21. The predicted octanol–water partition coefficient (Wildman–Crippen LogP) is -1.89. The highest BCUT2D eigenvalue weighted by atomic mass is 35.5. The standard InChI is InChI=1S/C11H13N.ClH/c12-11-6-10(7-11,8-11)9-4-2-1-3-5-9;/h1-5H,6-8,12H2;1H. The van der Waals surface area contributed by atoms with Gasteiger partial charge in [-0.1, -0.05) is 30.3 Å². The summed E-state index contributed by atoms with van der Waals surface area (Å²) < 4.78 is 0. The Morgan fingerprint density at radius 1 is 1.00 bits per heavy atom. The second-order valence-electron chi connectivity index (χ2n) is 4.68. The zero-order valence-electron chi connectivity index (χ0n) is 7.59. The average Bonchev–Trinajstić information content (AvgIpc) is 1.99. The molecule has 2 bridgehead atoms. The second-order valence-corrected chi connectivity index (χ2v) is 4.68.